The Hall–Kier alpha value is -3.53. The number of carbonyl (C=O) groups excluding carboxylic acids is 1. The number of hydrogen-bond donors (Lipinski definition) is 2. The highest BCUT2D eigenvalue weighted by molar-refractivity contribution is 7.92. The Morgan fingerprint density at radius 2 is 1.59 bits per heavy atom. The Morgan fingerprint density at radius 3 is 2.22 bits per heavy atom. The zero-order valence-corrected chi connectivity index (χ0v) is 17.8. The maximum atomic E-state index is 12.9. The van der Waals surface area contributed by atoms with Gasteiger partial charge in [-0.25, -0.2) is 8.42 Å². The Bertz CT molecular complexity index is 1240. The predicted octanol–water partition coefficient (Wildman–Crippen LogP) is 5.26. The van der Waals surface area contributed by atoms with Gasteiger partial charge in [0.05, 0.1) is 4.90 Å². The van der Waals surface area contributed by atoms with Gasteiger partial charge in [-0.15, -0.1) is 13.2 Å². The molecule has 3 aromatic rings. The first kappa shape index (κ1) is 23.1. The number of rotatable bonds is 6. The summed E-state index contributed by atoms with van der Waals surface area (Å²) >= 11 is 0. The van der Waals surface area contributed by atoms with Crippen LogP contribution in [0, 0.1) is 13.8 Å². The largest absolute Gasteiger partial charge is 0.573 e. The third kappa shape index (κ3) is 6.01. The number of alkyl halides is 3. The molecule has 0 heterocycles. The van der Waals surface area contributed by atoms with Gasteiger partial charge in [0, 0.05) is 16.9 Å². The summed E-state index contributed by atoms with van der Waals surface area (Å²) in [6, 6.07) is 15.6. The average molecular weight is 464 g/mol. The van der Waals surface area contributed by atoms with Crippen LogP contribution in [0.1, 0.15) is 21.5 Å². The molecule has 0 aliphatic carbocycles. The Labute approximate surface area is 183 Å². The van der Waals surface area contributed by atoms with Crippen LogP contribution in [-0.4, -0.2) is 20.7 Å². The van der Waals surface area contributed by atoms with Gasteiger partial charge in [-0.2, -0.15) is 0 Å². The molecule has 2 N–H and O–H groups in total. The molecule has 32 heavy (non-hydrogen) atoms. The first-order valence-electron chi connectivity index (χ1n) is 9.30. The van der Waals surface area contributed by atoms with E-state index in [0.717, 1.165) is 17.7 Å². The predicted molar refractivity (Wildman–Crippen MR) is 114 cm³/mol. The fourth-order valence-corrected chi connectivity index (χ4v) is 4.21. The van der Waals surface area contributed by atoms with Gasteiger partial charge in [-0.1, -0.05) is 18.2 Å². The number of sulfonamides is 1. The van der Waals surface area contributed by atoms with Crippen molar-refractivity contribution in [2.24, 2.45) is 0 Å². The van der Waals surface area contributed by atoms with Gasteiger partial charge < -0.3 is 10.1 Å². The minimum Gasteiger partial charge on any atom is -0.406 e. The number of hydrogen-bond acceptors (Lipinski definition) is 4. The average Bonchev–Trinajstić information content (AvgIpc) is 2.68. The molecule has 0 unspecified atom stereocenters. The van der Waals surface area contributed by atoms with Gasteiger partial charge in [0.2, 0.25) is 0 Å². The molecule has 0 radical (unpaired) electrons. The third-order valence-corrected chi connectivity index (χ3v) is 5.88. The van der Waals surface area contributed by atoms with E-state index in [1.54, 1.807) is 25.1 Å². The van der Waals surface area contributed by atoms with Crippen molar-refractivity contribution in [3.8, 4) is 5.75 Å². The number of benzene rings is 3. The highest BCUT2D eigenvalue weighted by Crippen LogP contribution is 2.25. The second-order valence-corrected chi connectivity index (χ2v) is 8.63. The quantitative estimate of drug-likeness (QED) is 0.522. The Morgan fingerprint density at radius 1 is 0.906 bits per heavy atom. The highest BCUT2D eigenvalue weighted by Gasteiger charge is 2.31. The lowest BCUT2D eigenvalue weighted by molar-refractivity contribution is -0.274. The van der Waals surface area contributed by atoms with Crippen LogP contribution < -0.4 is 14.8 Å². The minimum atomic E-state index is -4.82. The highest BCUT2D eigenvalue weighted by atomic mass is 32.2. The minimum absolute atomic E-state index is 0.0656. The van der Waals surface area contributed by atoms with Crippen LogP contribution in [0.5, 0.6) is 5.75 Å². The molecule has 0 aliphatic heterocycles. The molecular weight excluding hydrogens is 445 g/mol. The van der Waals surface area contributed by atoms with Gasteiger partial charge in [0.25, 0.3) is 15.9 Å². The lowest BCUT2D eigenvalue weighted by Crippen LogP contribution is -2.18. The molecule has 0 aliphatic rings. The molecule has 10 heteroatoms. The molecule has 0 atom stereocenters. The zero-order chi connectivity index (χ0) is 23.5. The second kappa shape index (κ2) is 8.91. The van der Waals surface area contributed by atoms with E-state index in [1.165, 1.54) is 30.3 Å². The zero-order valence-electron chi connectivity index (χ0n) is 17.0. The summed E-state index contributed by atoms with van der Waals surface area (Å²) in [4.78, 5) is 12.5. The number of halogens is 3. The SMILES string of the molecule is Cc1cccc(NS(=O)(=O)c2cc(C(=O)Nc3ccc(OC(F)(F)F)cc3)ccc2C)c1. The smallest absolute Gasteiger partial charge is 0.406 e. The van der Waals surface area contributed by atoms with Crippen molar-refractivity contribution < 1.29 is 31.1 Å². The summed E-state index contributed by atoms with van der Waals surface area (Å²) in [5, 5.41) is 2.51. The molecule has 0 spiro atoms. The van der Waals surface area contributed by atoms with E-state index in [4.69, 9.17) is 0 Å². The lowest BCUT2D eigenvalue weighted by Gasteiger charge is -2.13. The number of aryl methyl sites for hydroxylation is 2. The van der Waals surface area contributed by atoms with Crippen molar-refractivity contribution in [3.63, 3.8) is 0 Å². The summed E-state index contributed by atoms with van der Waals surface area (Å²) in [5.41, 5.74) is 1.99. The summed E-state index contributed by atoms with van der Waals surface area (Å²) in [6.45, 7) is 3.43. The molecule has 0 saturated carbocycles. The Kier molecular flexibility index (Phi) is 6.45. The molecule has 0 aromatic heterocycles. The molecule has 168 valence electrons. The standard InChI is InChI=1S/C22H19F3N2O4S/c1-14-4-3-5-18(12-14)27-32(29,30)20-13-16(7-6-15(20)2)21(28)26-17-8-10-19(11-9-17)31-22(23,24)25/h3-13,27H,1-2H3,(H,26,28). The number of anilines is 2. The molecule has 1 amide bonds. The Balaban J connectivity index is 1.79. The molecule has 0 bridgehead atoms. The molecule has 0 saturated heterocycles. The van der Waals surface area contributed by atoms with Crippen molar-refractivity contribution in [2.45, 2.75) is 25.1 Å². The normalized spacial score (nSPS) is 11.7. The number of nitrogens with one attached hydrogen (secondary N) is 2. The molecule has 3 rings (SSSR count). The van der Waals surface area contributed by atoms with Gasteiger partial charge in [0.15, 0.2) is 0 Å². The van der Waals surface area contributed by atoms with E-state index < -0.39 is 28.0 Å². The van der Waals surface area contributed by atoms with E-state index >= 15 is 0 Å². The second-order valence-electron chi connectivity index (χ2n) is 6.98. The van der Waals surface area contributed by atoms with Crippen LogP contribution in [0.4, 0.5) is 24.5 Å². The maximum absolute atomic E-state index is 12.9. The maximum Gasteiger partial charge on any atom is 0.573 e. The lowest BCUT2D eigenvalue weighted by atomic mass is 10.1. The summed E-state index contributed by atoms with van der Waals surface area (Å²) in [6.07, 6.45) is -4.82. The van der Waals surface area contributed by atoms with Crippen LogP contribution in [0.3, 0.4) is 0 Å². The first-order chi connectivity index (χ1) is 14.9. The van der Waals surface area contributed by atoms with Crippen molar-refractivity contribution in [2.75, 3.05) is 10.0 Å². The molecule has 6 nitrogen and oxygen atoms in total. The summed E-state index contributed by atoms with van der Waals surface area (Å²) in [7, 11) is -3.97. The van der Waals surface area contributed by atoms with Crippen molar-refractivity contribution in [1.82, 2.24) is 0 Å². The van der Waals surface area contributed by atoms with Gasteiger partial charge >= 0.3 is 6.36 Å². The molecule has 3 aromatic carbocycles. The van der Waals surface area contributed by atoms with Crippen LogP contribution in [0.25, 0.3) is 0 Å². The van der Waals surface area contributed by atoms with Crippen molar-refractivity contribution in [3.05, 3.63) is 83.4 Å². The fourth-order valence-electron chi connectivity index (χ4n) is 2.89. The van der Waals surface area contributed by atoms with E-state index in [2.05, 4.69) is 14.8 Å². The van der Waals surface area contributed by atoms with Crippen molar-refractivity contribution >= 4 is 27.3 Å². The molecule has 0 fully saturated rings. The topological polar surface area (TPSA) is 84.5 Å². The van der Waals surface area contributed by atoms with Gasteiger partial charge in [-0.3, -0.25) is 9.52 Å². The number of carbonyl (C=O) groups is 1. The van der Waals surface area contributed by atoms with E-state index in [-0.39, 0.29) is 16.1 Å². The van der Waals surface area contributed by atoms with Crippen molar-refractivity contribution in [1.29, 1.82) is 0 Å². The number of ether oxygens (including phenoxy) is 1. The first-order valence-corrected chi connectivity index (χ1v) is 10.8. The van der Waals surface area contributed by atoms with Crippen LogP contribution in [0.2, 0.25) is 0 Å². The van der Waals surface area contributed by atoms with E-state index in [1.807, 2.05) is 13.0 Å². The van der Waals surface area contributed by atoms with E-state index in [0.29, 0.717) is 11.3 Å². The monoisotopic (exact) mass is 464 g/mol. The van der Waals surface area contributed by atoms with Crippen LogP contribution >= 0.6 is 0 Å². The van der Waals surface area contributed by atoms with Gasteiger partial charge in [-0.05, 0) is 73.5 Å². The summed E-state index contributed by atoms with van der Waals surface area (Å²) < 4.78 is 68.8. The van der Waals surface area contributed by atoms with Crippen LogP contribution in [0.15, 0.2) is 71.6 Å². The van der Waals surface area contributed by atoms with Crippen LogP contribution in [-0.2, 0) is 10.0 Å². The van der Waals surface area contributed by atoms with Gasteiger partial charge in [0.1, 0.15) is 5.75 Å². The van der Waals surface area contributed by atoms with E-state index in [9.17, 15) is 26.4 Å². The number of amides is 1. The fraction of sp³-hybridized carbons (Fsp3) is 0.136. The third-order valence-electron chi connectivity index (χ3n) is 4.36. The summed E-state index contributed by atoms with van der Waals surface area (Å²) in [5.74, 6) is -1.05. The molecular formula is C22H19F3N2O4S.